The second-order valence-electron chi connectivity index (χ2n) is 11.4. The van der Waals surface area contributed by atoms with Crippen molar-refractivity contribution >= 4 is 23.1 Å². The minimum atomic E-state index is -4.51. The molecular formula is C34H27F3O6. The van der Waals surface area contributed by atoms with Crippen molar-refractivity contribution in [3.05, 3.63) is 100 Å². The van der Waals surface area contributed by atoms with Gasteiger partial charge in [0.05, 0.1) is 28.5 Å². The molecule has 3 aromatic carbocycles. The lowest BCUT2D eigenvalue weighted by molar-refractivity contribution is -0.141. The van der Waals surface area contributed by atoms with Gasteiger partial charge in [-0.1, -0.05) is 48.5 Å². The Bertz CT molecular complexity index is 1690. The molecule has 43 heavy (non-hydrogen) atoms. The number of phenols is 1. The maximum atomic E-state index is 13.9. The molecule has 0 amide bonds. The van der Waals surface area contributed by atoms with E-state index in [2.05, 4.69) is 0 Å². The summed E-state index contributed by atoms with van der Waals surface area (Å²) in [6.07, 6.45) is -3.79. The third-order valence-electron chi connectivity index (χ3n) is 8.83. The van der Waals surface area contributed by atoms with Gasteiger partial charge < -0.3 is 9.84 Å². The van der Waals surface area contributed by atoms with Gasteiger partial charge >= 0.3 is 6.18 Å². The Labute approximate surface area is 245 Å². The first-order valence-electron chi connectivity index (χ1n) is 14.0. The number of halogens is 3. The molecule has 6 nitrogen and oxygen atoms in total. The smallest absolute Gasteiger partial charge is 0.416 e. The van der Waals surface area contributed by atoms with E-state index in [9.17, 15) is 37.5 Å². The summed E-state index contributed by atoms with van der Waals surface area (Å²) in [5, 5.41) is 10.7. The number of Topliss-reactive ketones (excluding diaryl/α,β-unsaturated/α-hetero) is 4. The number of benzene rings is 3. The number of carbonyl (C=O) groups excluding carboxylic acids is 4. The van der Waals surface area contributed by atoms with Crippen molar-refractivity contribution in [1.29, 1.82) is 0 Å². The van der Waals surface area contributed by atoms with E-state index in [1.807, 2.05) is 30.3 Å². The summed E-state index contributed by atoms with van der Waals surface area (Å²) in [7, 11) is 0. The number of ether oxygens (including phenoxy) is 1. The molecule has 1 fully saturated rings. The van der Waals surface area contributed by atoms with Gasteiger partial charge in [-0.3, -0.25) is 19.2 Å². The molecule has 220 valence electrons. The van der Waals surface area contributed by atoms with Crippen LogP contribution < -0.4 is 0 Å². The number of phenolic OH excluding ortho intramolecular Hbond substituents is 1. The van der Waals surface area contributed by atoms with Crippen LogP contribution in [0, 0.1) is 23.7 Å². The molecule has 3 aromatic rings. The topological polar surface area (TPSA) is 97.7 Å². The number of aromatic hydroxyl groups is 1. The number of rotatable bonds is 5. The fraction of sp³-hybridized carbons (Fsp3) is 0.294. The number of fused-ring (bicyclic) bond motifs is 3. The predicted molar refractivity (Wildman–Crippen MR) is 149 cm³/mol. The van der Waals surface area contributed by atoms with Crippen LogP contribution in [0.15, 0.2) is 78.1 Å². The largest absolute Gasteiger partial charge is 0.507 e. The summed E-state index contributed by atoms with van der Waals surface area (Å²) in [6.45, 7) is 1.39. The first-order chi connectivity index (χ1) is 20.5. The predicted octanol–water partition coefficient (Wildman–Crippen LogP) is 6.29. The zero-order valence-electron chi connectivity index (χ0n) is 23.1. The normalized spacial score (nSPS) is 23.4. The Morgan fingerprint density at radius 1 is 0.884 bits per heavy atom. The van der Waals surface area contributed by atoms with Gasteiger partial charge in [0.2, 0.25) is 0 Å². The van der Waals surface area contributed by atoms with Crippen LogP contribution in [0.2, 0.25) is 0 Å². The number of ketones is 4. The minimum absolute atomic E-state index is 0.0528. The van der Waals surface area contributed by atoms with Gasteiger partial charge in [-0.2, -0.15) is 13.2 Å². The summed E-state index contributed by atoms with van der Waals surface area (Å²) in [4.78, 5) is 53.9. The van der Waals surface area contributed by atoms with E-state index in [-0.39, 0.29) is 42.1 Å². The highest BCUT2D eigenvalue weighted by atomic mass is 19.4. The average Bonchev–Trinajstić information content (AvgIpc) is 2.96. The van der Waals surface area contributed by atoms with E-state index >= 15 is 0 Å². The molecule has 4 atom stereocenters. The van der Waals surface area contributed by atoms with E-state index in [1.165, 1.54) is 25.1 Å². The van der Waals surface area contributed by atoms with E-state index in [4.69, 9.17) is 4.74 Å². The molecular weight excluding hydrogens is 561 g/mol. The maximum Gasteiger partial charge on any atom is 0.416 e. The Kier molecular flexibility index (Phi) is 7.07. The SMILES string of the molecule is CC(=O)C1=C(OCc2ccccc2)CC2CC3Cc4c(-c5ccc(C(F)(F)F)cc5)ccc(O)c4C(=O)C3C(=O)C2C1=O. The van der Waals surface area contributed by atoms with Gasteiger partial charge in [0.25, 0.3) is 0 Å². The lowest BCUT2D eigenvalue weighted by atomic mass is 9.57. The zero-order chi connectivity index (χ0) is 30.6. The molecule has 0 bridgehead atoms. The van der Waals surface area contributed by atoms with Crippen molar-refractivity contribution in [1.82, 2.24) is 0 Å². The van der Waals surface area contributed by atoms with Gasteiger partial charge in [0.15, 0.2) is 23.1 Å². The standard InChI is InChI=1S/C34H27F3O6/c1-17(38)27-26(43-16-18-5-3-2-4-6-18)15-21-13-20-14-24-23(19-7-9-22(10-8-19)34(35,36)37)11-12-25(39)30(24)33(42)28(20)32(41)29(21)31(27)40/h2-12,20-21,28-29,39H,13-16H2,1H3. The molecule has 0 aromatic heterocycles. The monoisotopic (exact) mass is 588 g/mol. The Hall–Kier alpha value is -4.53. The van der Waals surface area contributed by atoms with E-state index in [0.717, 1.165) is 17.7 Å². The van der Waals surface area contributed by atoms with Crippen LogP contribution in [0.4, 0.5) is 13.2 Å². The van der Waals surface area contributed by atoms with Crippen molar-refractivity contribution in [3.63, 3.8) is 0 Å². The summed E-state index contributed by atoms with van der Waals surface area (Å²) in [6, 6.07) is 16.6. The molecule has 0 spiro atoms. The van der Waals surface area contributed by atoms with Crippen LogP contribution in [0.1, 0.15) is 46.8 Å². The molecule has 6 rings (SSSR count). The Morgan fingerprint density at radius 2 is 1.53 bits per heavy atom. The molecule has 0 radical (unpaired) electrons. The molecule has 0 heterocycles. The van der Waals surface area contributed by atoms with E-state index < -0.39 is 58.5 Å². The van der Waals surface area contributed by atoms with Crippen LogP contribution in [-0.4, -0.2) is 28.2 Å². The second-order valence-corrected chi connectivity index (χ2v) is 11.4. The molecule has 1 N–H and O–H groups in total. The highest BCUT2D eigenvalue weighted by molar-refractivity contribution is 6.28. The van der Waals surface area contributed by atoms with Gasteiger partial charge in [0, 0.05) is 6.42 Å². The average molecular weight is 589 g/mol. The fourth-order valence-electron chi connectivity index (χ4n) is 6.94. The fourth-order valence-corrected chi connectivity index (χ4v) is 6.94. The summed E-state index contributed by atoms with van der Waals surface area (Å²) in [5.41, 5.74) is 1.22. The molecule has 3 aliphatic rings. The van der Waals surface area contributed by atoms with E-state index in [0.29, 0.717) is 23.1 Å². The maximum absolute atomic E-state index is 13.9. The molecule has 1 saturated carbocycles. The Morgan fingerprint density at radius 3 is 2.19 bits per heavy atom. The molecule has 3 aliphatic carbocycles. The molecule has 0 saturated heterocycles. The van der Waals surface area contributed by atoms with Gasteiger partial charge in [-0.25, -0.2) is 0 Å². The molecule has 4 unspecified atom stereocenters. The van der Waals surface area contributed by atoms with Crippen LogP contribution in [-0.2, 0) is 38.3 Å². The number of hydrogen-bond acceptors (Lipinski definition) is 6. The van der Waals surface area contributed by atoms with Gasteiger partial charge in [-0.15, -0.1) is 0 Å². The van der Waals surface area contributed by atoms with Crippen molar-refractivity contribution in [3.8, 4) is 16.9 Å². The lowest BCUT2D eigenvalue weighted by Gasteiger charge is -2.44. The van der Waals surface area contributed by atoms with E-state index in [1.54, 1.807) is 6.07 Å². The minimum Gasteiger partial charge on any atom is -0.507 e. The summed E-state index contributed by atoms with van der Waals surface area (Å²) >= 11 is 0. The third kappa shape index (κ3) is 4.96. The van der Waals surface area contributed by atoms with Crippen LogP contribution in [0.3, 0.4) is 0 Å². The van der Waals surface area contributed by atoms with Crippen molar-refractivity contribution in [2.45, 2.75) is 39.0 Å². The first-order valence-corrected chi connectivity index (χ1v) is 14.0. The number of alkyl halides is 3. The number of carbonyl (C=O) groups is 4. The lowest BCUT2D eigenvalue weighted by Crippen LogP contribution is -2.52. The first kappa shape index (κ1) is 28.6. The summed E-state index contributed by atoms with van der Waals surface area (Å²) in [5.74, 6) is -5.77. The second kappa shape index (κ2) is 10.6. The highest BCUT2D eigenvalue weighted by Crippen LogP contribution is 2.50. The highest BCUT2D eigenvalue weighted by Gasteiger charge is 2.55. The zero-order valence-corrected chi connectivity index (χ0v) is 23.1. The van der Waals surface area contributed by atoms with Gasteiger partial charge in [0.1, 0.15) is 18.1 Å². The van der Waals surface area contributed by atoms with Crippen molar-refractivity contribution in [2.24, 2.45) is 23.7 Å². The van der Waals surface area contributed by atoms with Crippen LogP contribution in [0.5, 0.6) is 5.75 Å². The van der Waals surface area contributed by atoms with Crippen LogP contribution in [0.25, 0.3) is 11.1 Å². The number of allylic oxidation sites excluding steroid dienone is 2. The van der Waals surface area contributed by atoms with Gasteiger partial charge in [-0.05, 0) is 72.1 Å². The number of hydrogen-bond donors (Lipinski definition) is 1. The molecule has 9 heteroatoms. The Balaban J connectivity index is 1.34. The third-order valence-corrected chi connectivity index (χ3v) is 8.83. The summed E-state index contributed by atoms with van der Waals surface area (Å²) < 4.78 is 45.4. The van der Waals surface area contributed by atoms with Crippen LogP contribution >= 0.6 is 0 Å². The molecule has 0 aliphatic heterocycles. The van der Waals surface area contributed by atoms with Crippen molar-refractivity contribution in [2.75, 3.05) is 0 Å². The quantitative estimate of drug-likeness (QED) is 0.278. The van der Waals surface area contributed by atoms with Crippen molar-refractivity contribution < 1.29 is 42.2 Å².